The van der Waals surface area contributed by atoms with E-state index in [0.717, 1.165) is 10.0 Å². The highest BCUT2D eigenvalue weighted by molar-refractivity contribution is 9.10. The molecule has 7 nitrogen and oxygen atoms in total. The monoisotopic (exact) mass is 481 g/mol. The van der Waals surface area contributed by atoms with Crippen LogP contribution in [0, 0.1) is 0 Å². The molecule has 3 rings (SSSR count). The number of rotatable bonds is 7. The molecule has 3 aromatic rings. The summed E-state index contributed by atoms with van der Waals surface area (Å²) in [6.45, 7) is 3.83. The summed E-state index contributed by atoms with van der Waals surface area (Å²) >= 11 is 9.46. The molecule has 0 radical (unpaired) electrons. The Labute approximate surface area is 183 Å². The van der Waals surface area contributed by atoms with Crippen molar-refractivity contribution in [2.24, 2.45) is 5.73 Å². The van der Waals surface area contributed by atoms with Gasteiger partial charge in [0, 0.05) is 15.7 Å². The third-order valence-electron chi connectivity index (χ3n) is 4.04. The van der Waals surface area contributed by atoms with Gasteiger partial charge in [0.25, 0.3) is 0 Å². The van der Waals surface area contributed by atoms with Crippen LogP contribution >= 0.6 is 27.5 Å². The van der Waals surface area contributed by atoms with Crippen LogP contribution in [0.25, 0.3) is 5.65 Å². The van der Waals surface area contributed by atoms with Crippen molar-refractivity contribution in [2.75, 3.05) is 6.61 Å². The van der Waals surface area contributed by atoms with Gasteiger partial charge in [0.1, 0.15) is 6.04 Å². The Bertz CT molecular complexity index is 986. The molecule has 0 aliphatic rings. The van der Waals surface area contributed by atoms with Gasteiger partial charge in [-0.15, -0.1) is 10.2 Å². The highest BCUT2D eigenvalue weighted by Crippen LogP contribution is 2.19. The Morgan fingerprint density at radius 1 is 1.34 bits per heavy atom. The van der Waals surface area contributed by atoms with E-state index in [4.69, 9.17) is 22.1 Å². The van der Waals surface area contributed by atoms with Crippen molar-refractivity contribution < 1.29 is 9.53 Å². The summed E-state index contributed by atoms with van der Waals surface area (Å²) in [7, 11) is 0. The van der Waals surface area contributed by atoms with Crippen molar-refractivity contribution >= 4 is 39.1 Å². The molecule has 0 saturated heterocycles. The summed E-state index contributed by atoms with van der Waals surface area (Å²) in [5.41, 5.74) is 6.50. The molecule has 2 aromatic heterocycles. The second-order valence-corrected chi connectivity index (χ2v) is 8.38. The number of halogens is 2. The summed E-state index contributed by atoms with van der Waals surface area (Å²) in [5, 5.41) is 12.0. The highest BCUT2D eigenvalue weighted by atomic mass is 79.9. The first-order chi connectivity index (χ1) is 13.2. The molecule has 0 saturated carbocycles. The van der Waals surface area contributed by atoms with Crippen LogP contribution in [-0.4, -0.2) is 32.7 Å². The molecular formula is C20H25BrClN5O2. The Balaban J connectivity index is 0.00000300. The van der Waals surface area contributed by atoms with Crippen molar-refractivity contribution in [2.45, 2.75) is 39.5 Å². The third kappa shape index (κ3) is 5.99. The van der Waals surface area contributed by atoms with E-state index in [2.05, 4.69) is 31.4 Å². The molecule has 3 N–H and O–H groups in total. The molecule has 1 atom stereocenters. The van der Waals surface area contributed by atoms with E-state index in [1.165, 1.54) is 0 Å². The summed E-state index contributed by atoms with van der Waals surface area (Å²) in [4.78, 5) is 12.5. The summed E-state index contributed by atoms with van der Waals surface area (Å²) in [5.74, 6) is 0.246. The number of fused-ring (bicyclic) bond motifs is 1. The average molecular weight is 483 g/mol. The van der Waals surface area contributed by atoms with Gasteiger partial charge in [-0.3, -0.25) is 9.20 Å². The second-order valence-electron chi connectivity index (χ2n) is 7.03. The van der Waals surface area contributed by atoms with Gasteiger partial charge in [0.15, 0.2) is 11.5 Å². The normalized spacial score (nSPS) is 12.4. The van der Waals surface area contributed by atoms with Gasteiger partial charge in [-0.25, -0.2) is 0 Å². The Kier molecular flexibility index (Phi) is 7.76. The van der Waals surface area contributed by atoms with Crippen LogP contribution in [0.3, 0.4) is 0 Å². The fourth-order valence-corrected chi connectivity index (χ4v) is 3.12. The number of benzene rings is 1. The van der Waals surface area contributed by atoms with E-state index in [-0.39, 0.29) is 19.9 Å². The van der Waals surface area contributed by atoms with Gasteiger partial charge in [0.05, 0.1) is 18.8 Å². The van der Waals surface area contributed by atoms with Crippen LogP contribution in [0.1, 0.15) is 38.7 Å². The second kappa shape index (κ2) is 9.67. The number of hydrogen-bond donors (Lipinski definition) is 2. The quantitative estimate of drug-likeness (QED) is 0.533. The van der Waals surface area contributed by atoms with Gasteiger partial charge in [-0.05, 0) is 59.6 Å². The Morgan fingerprint density at radius 3 is 2.79 bits per heavy atom. The largest absolute Gasteiger partial charge is 0.374 e. The number of nitrogens with two attached hydrogens (primary N) is 1. The van der Waals surface area contributed by atoms with E-state index < -0.39 is 11.6 Å². The minimum Gasteiger partial charge on any atom is -0.374 e. The lowest BCUT2D eigenvalue weighted by Gasteiger charge is -2.23. The smallest absolute Gasteiger partial charge is 0.240 e. The SMILES string of the molecule is C.CC(C)(N)C(=O)N[C@H](COCc1cccc(Cl)c1)c1nnc2ccc(Br)cn12. The van der Waals surface area contributed by atoms with Crippen molar-refractivity contribution in [3.63, 3.8) is 0 Å². The predicted octanol–water partition coefficient (Wildman–Crippen LogP) is 3.89. The van der Waals surface area contributed by atoms with Crippen molar-refractivity contribution in [3.8, 4) is 0 Å². The lowest BCUT2D eigenvalue weighted by atomic mass is 10.1. The Morgan fingerprint density at radius 2 is 2.10 bits per heavy atom. The van der Waals surface area contributed by atoms with Gasteiger partial charge in [-0.1, -0.05) is 31.2 Å². The maximum atomic E-state index is 12.5. The summed E-state index contributed by atoms with van der Waals surface area (Å²) < 4.78 is 8.52. The zero-order chi connectivity index (χ0) is 20.3. The van der Waals surface area contributed by atoms with E-state index >= 15 is 0 Å². The van der Waals surface area contributed by atoms with Gasteiger partial charge in [-0.2, -0.15) is 0 Å². The standard InChI is InChI=1S/C19H21BrClN5O2.CH4/c1-19(2,22)18(27)23-15(11-28-10-12-4-3-5-14(21)8-12)17-25-24-16-7-6-13(20)9-26(16)17;/h3-9,15H,10-11,22H2,1-2H3,(H,23,27);1H4/t15-;/m1./s1. The number of aromatic nitrogens is 3. The third-order valence-corrected chi connectivity index (χ3v) is 4.74. The van der Waals surface area contributed by atoms with Crippen LogP contribution in [-0.2, 0) is 16.1 Å². The minimum atomic E-state index is -1.04. The van der Waals surface area contributed by atoms with Gasteiger partial charge in [0.2, 0.25) is 5.91 Å². The maximum absolute atomic E-state index is 12.5. The number of pyridine rings is 1. The van der Waals surface area contributed by atoms with E-state index in [9.17, 15) is 4.79 Å². The van der Waals surface area contributed by atoms with E-state index in [1.54, 1.807) is 24.3 Å². The molecule has 1 aromatic carbocycles. The van der Waals surface area contributed by atoms with Crippen molar-refractivity contribution in [1.29, 1.82) is 0 Å². The van der Waals surface area contributed by atoms with Crippen LogP contribution < -0.4 is 11.1 Å². The van der Waals surface area contributed by atoms with Crippen LogP contribution in [0.4, 0.5) is 0 Å². The zero-order valence-corrected chi connectivity index (χ0v) is 17.9. The molecule has 9 heteroatoms. The molecule has 29 heavy (non-hydrogen) atoms. The van der Waals surface area contributed by atoms with Crippen molar-refractivity contribution in [1.82, 2.24) is 19.9 Å². The molecule has 156 valence electrons. The highest BCUT2D eigenvalue weighted by Gasteiger charge is 2.28. The lowest BCUT2D eigenvalue weighted by Crippen LogP contribution is -2.50. The first-order valence-corrected chi connectivity index (χ1v) is 9.83. The van der Waals surface area contributed by atoms with Crippen LogP contribution in [0.2, 0.25) is 5.02 Å². The van der Waals surface area contributed by atoms with E-state index in [1.807, 2.05) is 36.5 Å². The molecule has 0 fully saturated rings. The molecular weight excluding hydrogens is 458 g/mol. The van der Waals surface area contributed by atoms with Crippen LogP contribution in [0.15, 0.2) is 47.1 Å². The minimum absolute atomic E-state index is 0. The lowest BCUT2D eigenvalue weighted by molar-refractivity contribution is -0.126. The number of ether oxygens (including phenoxy) is 1. The molecule has 0 aliphatic heterocycles. The number of amides is 1. The van der Waals surface area contributed by atoms with Crippen LogP contribution in [0.5, 0.6) is 0 Å². The first-order valence-electron chi connectivity index (χ1n) is 8.66. The van der Waals surface area contributed by atoms with Gasteiger partial charge >= 0.3 is 0 Å². The number of nitrogens with zero attached hydrogens (tertiary/aromatic N) is 3. The molecule has 0 aliphatic carbocycles. The Hall–Kier alpha value is -2.00. The molecule has 0 unspecified atom stereocenters. The molecule has 0 bridgehead atoms. The molecule has 1 amide bonds. The van der Waals surface area contributed by atoms with Crippen molar-refractivity contribution in [3.05, 3.63) is 63.5 Å². The molecule has 2 heterocycles. The average Bonchev–Trinajstić information content (AvgIpc) is 3.03. The number of carbonyl (C=O) groups excluding carboxylic acids is 1. The maximum Gasteiger partial charge on any atom is 0.240 e. The number of carbonyl (C=O) groups is 1. The van der Waals surface area contributed by atoms with Gasteiger partial charge < -0.3 is 15.8 Å². The zero-order valence-electron chi connectivity index (χ0n) is 15.5. The number of hydrogen-bond acceptors (Lipinski definition) is 5. The first kappa shape index (κ1) is 23.3. The fraction of sp³-hybridized carbons (Fsp3) is 0.350. The topological polar surface area (TPSA) is 94.5 Å². The summed E-state index contributed by atoms with van der Waals surface area (Å²) in [6, 6.07) is 10.6. The predicted molar refractivity (Wildman–Crippen MR) is 118 cm³/mol. The van der Waals surface area contributed by atoms with E-state index in [0.29, 0.717) is 23.1 Å². The molecule has 0 spiro atoms. The summed E-state index contributed by atoms with van der Waals surface area (Å²) in [6.07, 6.45) is 1.84. The fourth-order valence-electron chi connectivity index (χ4n) is 2.57. The number of nitrogens with one attached hydrogen (secondary N) is 1.